The molecule has 1 saturated heterocycles. The summed E-state index contributed by atoms with van der Waals surface area (Å²) in [6, 6.07) is 21.6. The molecule has 2 aromatic carbocycles. The summed E-state index contributed by atoms with van der Waals surface area (Å²) in [4.78, 5) is 31.1. The van der Waals surface area contributed by atoms with E-state index in [0.29, 0.717) is 33.4 Å². The number of methoxy groups -OCH3 is 2. The molecule has 0 spiro atoms. The van der Waals surface area contributed by atoms with Gasteiger partial charge in [-0.15, -0.1) is 0 Å². The number of nitrogens with zero attached hydrogens (tertiary/aromatic N) is 2. The van der Waals surface area contributed by atoms with Crippen LogP contribution in [0.5, 0.6) is 0 Å². The van der Waals surface area contributed by atoms with Crippen LogP contribution in [-0.2, 0) is 14.3 Å². The summed E-state index contributed by atoms with van der Waals surface area (Å²) in [5.41, 5.74) is 4.19. The zero-order valence-corrected chi connectivity index (χ0v) is 23.0. The summed E-state index contributed by atoms with van der Waals surface area (Å²) in [6.07, 6.45) is 1.74. The van der Waals surface area contributed by atoms with Gasteiger partial charge in [-0.1, -0.05) is 24.3 Å². The minimum absolute atomic E-state index is 0.0327. The molecule has 2 aromatic heterocycles. The number of thiocarbonyl (C=S) groups is 1. The molecule has 5 rings (SSSR count). The number of rotatable bonds is 8. The number of carbonyl (C=O) groups is 2. The Kier molecular flexibility index (Phi) is 7.90. The summed E-state index contributed by atoms with van der Waals surface area (Å²) >= 11 is 5.83. The molecule has 2 N–H and O–H groups in total. The highest BCUT2D eigenvalue weighted by molar-refractivity contribution is 7.80. The van der Waals surface area contributed by atoms with Gasteiger partial charge in [-0.25, -0.2) is 4.79 Å². The first kappa shape index (κ1) is 27.0. The van der Waals surface area contributed by atoms with Gasteiger partial charge in [0, 0.05) is 30.2 Å². The monoisotopic (exact) mass is 556 g/mol. The Morgan fingerprint density at radius 3 is 2.60 bits per heavy atom. The predicted octanol–water partition coefficient (Wildman–Crippen LogP) is 5.20. The number of aryl methyl sites for hydroxylation is 1. The van der Waals surface area contributed by atoms with E-state index in [9.17, 15) is 9.59 Å². The Hall–Kier alpha value is -4.54. The van der Waals surface area contributed by atoms with Crippen molar-refractivity contribution >= 4 is 40.6 Å². The van der Waals surface area contributed by atoms with Crippen LogP contribution in [0.25, 0.3) is 11.3 Å². The molecule has 3 heterocycles. The molecule has 4 aromatic rings. The molecule has 0 unspecified atom stereocenters. The fourth-order valence-corrected chi connectivity index (χ4v) is 5.17. The number of furan rings is 1. The normalized spacial score (nSPS) is 16.5. The highest BCUT2D eigenvalue weighted by Crippen LogP contribution is 2.43. The van der Waals surface area contributed by atoms with Crippen molar-refractivity contribution in [1.82, 2.24) is 10.3 Å². The predicted molar refractivity (Wildman–Crippen MR) is 155 cm³/mol. The van der Waals surface area contributed by atoms with Crippen molar-refractivity contribution < 1.29 is 23.5 Å². The molecule has 9 nitrogen and oxygen atoms in total. The molecule has 1 aliphatic rings. The third-order valence-corrected chi connectivity index (χ3v) is 6.97. The number of hydrogen-bond acceptors (Lipinski definition) is 7. The van der Waals surface area contributed by atoms with Crippen LogP contribution in [0.3, 0.4) is 0 Å². The molecule has 1 amide bonds. The third-order valence-electron chi connectivity index (χ3n) is 6.65. The lowest BCUT2D eigenvalue weighted by molar-refractivity contribution is -0.119. The van der Waals surface area contributed by atoms with Gasteiger partial charge in [-0.2, -0.15) is 0 Å². The van der Waals surface area contributed by atoms with Gasteiger partial charge in [0.1, 0.15) is 24.2 Å². The van der Waals surface area contributed by atoms with E-state index in [1.54, 1.807) is 18.3 Å². The lowest BCUT2D eigenvalue weighted by Crippen LogP contribution is -2.29. The van der Waals surface area contributed by atoms with E-state index in [2.05, 4.69) is 15.6 Å². The molecule has 0 aliphatic carbocycles. The van der Waals surface area contributed by atoms with Crippen LogP contribution in [-0.4, -0.2) is 42.8 Å². The first-order chi connectivity index (χ1) is 19.4. The van der Waals surface area contributed by atoms with Gasteiger partial charge in [0.05, 0.1) is 24.4 Å². The van der Waals surface area contributed by atoms with E-state index >= 15 is 0 Å². The number of pyridine rings is 1. The van der Waals surface area contributed by atoms with Crippen LogP contribution in [0, 0.1) is 6.92 Å². The molecule has 0 radical (unpaired) electrons. The van der Waals surface area contributed by atoms with Crippen molar-refractivity contribution in [3.63, 3.8) is 0 Å². The lowest BCUT2D eigenvalue weighted by atomic mass is 10.0. The number of anilines is 2. The Morgan fingerprint density at radius 1 is 1.07 bits per heavy atom. The molecule has 204 valence electrons. The second-order valence-corrected chi connectivity index (χ2v) is 9.60. The average Bonchev–Trinajstić information content (AvgIpc) is 3.59. The van der Waals surface area contributed by atoms with Crippen molar-refractivity contribution in [2.24, 2.45) is 0 Å². The smallest absolute Gasteiger partial charge is 0.338 e. The van der Waals surface area contributed by atoms with Gasteiger partial charge in [0.25, 0.3) is 0 Å². The minimum Gasteiger partial charge on any atom is -0.465 e. The van der Waals surface area contributed by atoms with E-state index in [1.807, 2.05) is 72.5 Å². The summed E-state index contributed by atoms with van der Waals surface area (Å²) in [6.45, 7) is 1.88. The van der Waals surface area contributed by atoms with Gasteiger partial charge < -0.3 is 29.4 Å². The molecule has 2 atom stereocenters. The lowest BCUT2D eigenvalue weighted by Gasteiger charge is -2.27. The summed E-state index contributed by atoms with van der Waals surface area (Å²) < 4.78 is 16.3. The van der Waals surface area contributed by atoms with Gasteiger partial charge in [-0.05, 0) is 73.2 Å². The van der Waals surface area contributed by atoms with Crippen molar-refractivity contribution in [3.05, 3.63) is 102 Å². The number of hydrogen-bond donors (Lipinski definition) is 2. The maximum atomic E-state index is 12.4. The Balaban J connectivity index is 1.56. The SMILES string of the molecule is COCC(=O)Nc1ccc(N2C(=S)N[C@@H](c3ccccn3)[C@@H]2c2ccc(-c3ccccc3C(=O)OC)o2)cc1C. The molecular formula is C30H28N4O5S. The Bertz CT molecular complexity index is 1550. The van der Waals surface area contributed by atoms with Gasteiger partial charge in [0.15, 0.2) is 5.11 Å². The van der Waals surface area contributed by atoms with E-state index in [4.69, 9.17) is 26.1 Å². The maximum absolute atomic E-state index is 12.4. The molecule has 10 heteroatoms. The maximum Gasteiger partial charge on any atom is 0.338 e. The van der Waals surface area contributed by atoms with Gasteiger partial charge in [-0.3, -0.25) is 9.78 Å². The summed E-state index contributed by atoms with van der Waals surface area (Å²) in [7, 11) is 2.83. The third kappa shape index (κ3) is 5.31. The molecule has 1 aliphatic heterocycles. The zero-order chi connectivity index (χ0) is 28.2. The number of amides is 1. The number of nitrogens with one attached hydrogen (secondary N) is 2. The van der Waals surface area contributed by atoms with E-state index in [0.717, 1.165) is 16.9 Å². The summed E-state index contributed by atoms with van der Waals surface area (Å²) in [5.74, 6) is 0.479. The molecule has 1 fully saturated rings. The minimum atomic E-state index is -0.446. The fourth-order valence-electron chi connectivity index (χ4n) is 4.82. The quantitative estimate of drug-likeness (QED) is 0.224. The van der Waals surface area contributed by atoms with Crippen LogP contribution in [0.1, 0.15) is 39.5 Å². The largest absolute Gasteiger partial charge is 0.465 e. The van der Waals surface area contributed by atoms with Gasteiger partial charge >= 0.3 is 5.97 Å². The van der Waals surface area contributed by atoms with Crippen molar-refractivity contribution in [2.45, 2.75) is 19.0 Å². The molecule has 0 bridgehead atoms. The van der Waals surface area contributed by atoms with Crippen LogP contribution in [0.2, 0.25) is 0 Å². The van der Waals surface area contributed by atoms with Crippen molar-refractivity contribution in [2.75, 3.05) is 31.0 Å². The van der Waals surface area contributed by atoms with Gasteiger partial charge in [0.2, 0.25) is 5.91 Å². The van der Waals surface area contributed by atoms with Crippen LogP contribution < -0.4 is 15.5 Å². The highest BCUT2D eigenvalue weighted by Gasteiger charge is 2.42. The van der Waals surface area contributed by atoms with E-state index in [-0.39, 0.29) is 18.6 Å². The molecule has 0 saturated carbocycles. The first-order valence-electron chi connectivity index (χ1n) is 12.6. The Labute approximate surface area is 237 Å². The average molecular weight is 557 g/mol. The van der Waals surface area contributed by atoms with E-state index in [1.165, 1.54) is 14.2 Å². The number of esters is 1. The number of benzene rings is 2. The second kappa shape index (κ2) is 11.7. The van der Waals surface area contributed by atoms with Crippen LogP contribution in [0.15, 0.2) is 83.4 Å². The van der Waals surface area contributed by atoms with Crippen molar-refractivity contribution in [1.29, 1.82) is 0 Å². The molecular weight excluding hydrogens is 528 g/mol. The Morgan fingerprint density at radius 2 is 1.88 bits per heavy atom. The van der Waals surface area contributed by atoms with Crippen LogP contribution >= 0.6 is 12.2 Å². The molecule has 40 heavy (non-hydrogen) atoms. The fraction of sp³-hybridized carbons (Fsp3) is 0.200. The zero-order valence-electron chi connectivity index (χ0n) is 22.2. The number of ether oxygens (including phenoxy) is 2. The second-order valence-electron chi connectivity index (χ2n) is 9.22. The number of carbonyl (C=O) groups excluding carboxylic acids is 2. The highest BCUT2D eigenvalue weighted by atomic mass is 32.1. The standard InChI is InChI=1S/C30H28N4O5S/c1-18-16-19(11-12-22(18)32-26(35)17-37-2)34-28(27(33-30(34)40)23-10-6-7-15-31-23)25-14-13-24(39-25)20-8-4-5-9-21(20)29(36)38-3/h4-16,27-28H,17H2,1-3H3,(H,32,35)(H,33,40)/t27-,28-/m0/s1. The first-order valence-corrected chi connectivity index (χ1v) is 13.0. The van der Waals surface area contributed by atoms with Crippen molar-refractivity contribution in [3.8, 4) is 11.3 Å². The van der Waals surface area contributed by atoms with E-state index < -0.39 is 12.0 Å². The number of aromatic nitrogens is 1. The topological polar surface area (TPSA) is 106 Å². The van der Waals surface area contributed by atoms with Crippen LogP contribution in [0.4, 0.5) is 11.4 Å². The summed E-state index contributed by atoms with van der Waals surface area (Å²) in [5, 5.41) is 6.78.